The van der Waals surface area contributed by atoms with Crippen molar-refractivity contribution in [3.05, 3.63) is 29.8 Å². The Hall–Kier alpha value is -1.58. The van der Waals surface area contributed by atoms with Gasteiger partial charge in [-0.3, -0.25) is 9.18 Å². The van der Waals surface area contributed by atoms with E-state index in [0.29, 0.717) is 19.5 Å². The average molecular weight is 239 g/mol. The average Bonchev–Trinajstić information content (AvgIpc) is 2.30. The molecule has 0 aliphatic carbocycles. The van der Waals surface area contributed by atoms with Crippen molar-refractivity contribution in [2.24, 2.45) is 0 Å². The predicted octanol–water partition coefficient (Wildman–Crippen LogP) is 2.64. The van der Waals surface area contributed by atoms with Gasteiger partial charge in [0.1, 0.15) is 0 Å². The van der Waals surface area contributed by atoms with Gasteiger partial charge in [0, 0.05) is 18.8 Å². The molecule has 94 valence electrons. The number of carboxylic acids is 1. The lowest BCUT2D eigenvalue weighted by atomic mass is 10.2. The van der Waals surface area contributed by atoms with Crippen molar-refractivity contribution in [2.45, 2.75) is 19.8 Å². The van der Waals surface area contributed by atoms with Gasteiger partial charge in [-0.05, 0) is 25.5 Å². The van der Waals surface area contributed by atoms with Crippen molar-refractivity contribution in [1.29, 1.82) is 0 Å². The molecule has 0 radical (unpaired) electrons. The van der Waals surface area contributed by atoms with Gasteiger partial charge in [-0.2, -0.15) is 0 Å². The molecule has 17 heavy (non-hydrogen) atoms. The number of halogens is 1. The molecule has 0 unspecified atom stereocenters. The molecule has 0 aliphatic heterocycles. The molecule has 0 amide bonds. The largest absolute Gasteiger partial charge is 0.481 e. The summed E-state index contributed by atoms with van der Waals surface area (Å²) in [5, 5.41) is 8.68. The molecule has 0 fully saturated rings. The van der Waals surface area contributed by atoms with Crippen molar-refractivity contribution < 1.29 is 14.3 Å². The molecular weight excluding hydrogens is 221 g/mol. The first kappa shape index (κ1) is 13.5. The Bertz CT molecular complexity index is 351. The fourth-order valence-corrected chi connectivity index (χ4v) is 1.61. The van der Waals surface area contributed by atoms with Gasteiger partial charge in [-0.15, -0.1) is 0 Å². The lowest BCUT2D eigenvalue weighted by Crippen LogP contribution is -2.27. The van der Waals surface area contributed by atoms with Crippen LogP contribution in [0.4, 0.5) is 10.1 Å². The maximum atomic E-state index is 12.2. The zero-order valence-electron chi connectivity index (χ0n) is 10.0. The van der Waals surface area contributed by atoms with E-state index < -0.39 is 5.97 Å². The Morgan fingerprint density at radius 1 is 1.29 bits per heavy atom. The molecule has 4 heteroatoms. The molecule has 0 aliphatic rings. The third-order valence-electron chi connectivity index (χ3n) is 2.56. The summed E-state index contributed by atoms with van der Waals surface area (Å²) < 4.78 is 12.2. The molecule has 3 nitrogen and oxygen atoms in total. The summed E-state index contributed by atoms with van der Waals surface area (Å²) in [7, 11) is 0. The second-order valence-electron chi connectivity index (χ2n) is 4.01. The summed E-state index contributed by atoms with van der Waals surface area (Å²) in [6.07, 6.45) is 0.494. The Balaban J connectivity index is 2.67. The number of nitrogens with zero attached hydrogens (tertiary/aromatic N) is 1. The smallest absolute Gasteiger partial charge is 0.305 e. The van der Waals surface area contributed by atoms with Gasteiger partial charge in [0.15, 0.2) is 0 Å². The predicted molar refractivity (Wildman–Crippen MR) is 66.2 cm³/mol. The summed E-state index contributed by atoms with van der Waals surface area (Å²) in [5.41, 5.74) is 2.10. The lowest BCUT2D eigenvalue weighted by molar-refractivity contribution is -0.136. The number of carboxylic acid groups (broad SMARTS) is 1. The van der Waals surface area contributed by atoms with Crippen LogP contribution < -0.4 is 4.90 Å². The van der Waals surface area contributed by atoms with Gasteiger partial charge in [0.2, 0.25) is 0 Å². The van der Waals surface area contributed by atoms with Crippen molar-refractivity contribution >= 4 is 11.7 Å². The molecule has 1 aromatic carbocycles. The standard InChI is InChI=1S/C13H18FNO2/c1-11-3-5-12(6-4-11)15(9-2-8-14)10-7-13(16)17/h3-6H,2,7-10H2,1H3,(H,16,17). The molecule has 0 aromatic heterocycles. The van der Waals surface area contributed by atoms with E-state index >= 15 is 0 Å². The van der Waals surface area contributed by atoms with Crippen LogP contribution in [0.3, 0.4) is 0 Å². The maximum Gasteiger partial charge on any atom is 0.305 e. The second kappa shape index (κ2) is 6.89. The molecule has 0 spiro atoms. The van der Waals surface area contributed by atoms with Gasteiger partial charge in [-0.25, -0.2) is 0 Å². The van der Waals surface area contributed by atoms with E-state index in [9.17, 15) is 9.18 Å². The normalized spacial score (nSPS) is 10.2. The Kier molecular flexibility index (Phi) is 5.46. The molecular formula is C13H18FNO2. The fraction of sp³-hybridized carbons (Fsp3) is 0.462. The Labute approximate surface area is 101 Å². The number of anilines is 1. The van der Waals surface area contributed by atoms with E-state index in [4.69, 9.17) is 5.11 Å². The topological polar surface area (TPSA) is 40.5 Å². The number of alkyl halides is 1. The van der Waals surface area contributed by atoms with Crippen LogP contribution in [0.25, 0.3) is 0 Å². The van der Waals surface area contributed by atoms with Gasteiger partial charge in [-0.1, -0.05) is 17.7 Å². The Morgan fingerprint density at radius 3 is 2.47 bits per heavy atom. The van der Waals surface area contributed by atoms with Crippen LogP contribution in [0.1, 0.15) is 18.4 Å². The van der Waals surface area contributed by atoms with Crippen LogP contribution in [0.2, 0.25) is 0 Å². The SMILES string of the molecule is Cc1ccc(N(CCCF)CCC(=O)O)cc1. The van der Waals surface area contributed by atoms with Crippen molar-refractivity contribution in [3.63, 3.8) is 0 Å². The van der Waals surface area contributed by atoms with Crippen molar-refractivity contribution in [2.75, 3.05) is 24.7 Å². The highest BCUT2D eigenvalue weighted by atomic mass is 19.1. The van der Waals surface area contributed by atoms with Crippen LogP contribution in [0, 0.1) is 6.92 Å². The molecule has 0 saturated carbocycles. The molecule has 1 rings (SSSR count). The minimum absolute atomic E-state index is 0.0696. The quantitative estimate of drug-likeness (QED) is 0.795. The molecule has 0 atom stereocenters. The summed E-state index contributed by atoms with van der Waals surface area (Å²) in [4.78, 5) is 12.5. The Morgan fingerprint density at radius 2 is 1.94 bits per heavy atom. The highest BCUT2D eigenvalue weighted by molar-refractivity contribution is 5.67. The van der Waals surface area contributed by atoms with Gasteiger partial charge in [0.25, 0.3) is 0 Å². The number of hydrogen-bond donors (Lipinski definition) is 1. The number of benzene rings is 1. The first-order chi connectivity index (χ1) is 8.13. The zero-order chi connectivity index (χ0) is 12.7. The fourth-order valence-electron chi connectivity index (χ4n) is 1.61. The molecule has 1 aromatic rings. The number of carbonyl (C=O) groups is 1. The van der Waals surface area contributed by atoms with E-state index in [-0.39, 0.29) is 13.1 Å². The lowest BCUT2D eigenvalue weighted by Gasteiger charge is -2.23. The van der Waals surface area contributed by atoms with Crippen molar-refractivity contribution in [1.82, 2.24) is 0 Å². The van der Waals surface area contributed by atoms with E-state index in [1.807, 2.05) is 36.1 Å². The molecule has 1 N–H and O–H groups in total. The van der Waals surface area contributed by atoms with E-state index in [1.54, 1.807) is 0 Å². The van der Waals surface area contributed by atoms with Gasteiger partial charge >= 0.3 is 5.97 Å². The number of hydrogen-bond acceptors (Lipinski definition) is 2. The number of rotatable bonds is 7. The van der Waals surface area contributed by atoms with E-state index in [1.165, 1.54) is 0 Å². The van der Waals surface area contributed by atoms with Crippen LogP contribution in [0.15, 0.2) is 24.3 Å². The minimum atomic E-state index is -0.831. The molecule has 0 heterocycles. The zero-order valence-corrected chi connectivity index (χ0v) is 10.0. The van der Waals surface area contributed by atoms with Crippen LogP contribution in [-0.4, -0.2) is 30.8 Å². The number of aryl methyl sites for hydroxylation is 1. The summed E-state index contributed by atoms with van der Waals surface area (Å²) in [6.45, 7) is 2.58. The van der Waals surface area contributed by atoms with Crippen LogP contribution in [-0.2, 0) is 4.79 Å². The van der Waals surface area contributed by atoms with Gasteiger partial charge in [0.05, 0.1) is 13.1 Å². The third kappa shape index (κ3) is 4.85. The highest BCUT2D eigenvalue weighted by Crippen LogP contribution is 2.15. The van der Waals surface area contributed by atoms with E-state index in [0.717, 1.165) is 11.3 Å². The van der Waals surface area contributed by atoms with Gasteiger partial charge < -0.3 is 10.0 Å². The second-order valence-corrected chi connectivity index (χ2v) is 4.01. The molecule has 0 saturated heterocycles. The van der Waals surface area contributed by atoms with E-state index in [2.05, 4.69) is 0 Å². The first-order valence-corrected chi connectivity index (χ1v) is 5.73. The van der Waals surface area contributed by atoms with Crippen LogP contribution >= 0.6 is 0 Å². The monoisotopic (exact) mass is 239 g/mol. The summed E-state index contributed by atoms with van der Waals surface area (Å²) in [6, 6.07) is 7.82. The van der Waals surface area contributed by atoms with Crippen LogP contribution in [0.5, 0.6) is 0 Å². The van der Waals surface area contributed by atoms with Crippen molar-refractivity contribution in [3.8, 4) is 0 Å². The maximum absolute atomic E-state index is 12.2. The molecule has 0 bridgehead atoms. The first-order valence-electron chi connectivity index (χ1n) is 5.73. The highest BCUT2D eigenvalue weighted by Gasteiger charge is 2.08. The summed E-state index contributed by atoms with van der Waals surface area (Å²) in [5.74, 6) is -0.831. The third-order valence-corrected chi connectivity index (χ3v) is 2.56. The minimum Gasteiger partial charge on any atom is -0.481 e. The number of aliphatic carboxylic acids is 1. The summed E-state index contributed by atoms with van der Waals surface area (Å²) >= 11 is 0.